The summed E-state index contributed by atoms with van der Waals surface area (Å²) in [7, 11) is 0. The van der Waals surface area contributed by atoms with Crippen LogP contribution in [0.4, 0.5) is 17.3 Å². The standard InChI is InChI=1S/C11H17N5O2/c1-7-8(6-12)10(14-2-4-17)16-11(9(7)13)15-3-5-18/h17-18H,2-5,13H2,1H3,(H2,14,15,16). The van der Waals surface area contributed by atoms with E-state index >= 15 is 0 Å². The number of nitrogen functional groups attached to an aromatic ring is 1. The molecule has 7 nitrogen and oxygen atoms in total. The molecule has 0 atom stereocenters. The minimum absolute atomic E-state index is 0.0421. The molecule has 0 aromatic carbocycles. The van der Waals surface area contributed by atoms with E-state index in [0.717, 1.165) is 0 Å². The number of rotatable bonds is 6. The summed E-state index contributed by atoms with van der Waals surface area (Å²) in [4.78, 5) is 4.19. The number of hydrogen-bond acceptors (Lipinski definition) is 7. The summed E-state index contributed by atoms with van der Waals surface area (Å²) in [5.74, 6) is 0.791. The molecule has 0 saturated carbocycles. The second-order valence-electron chi connectivity index (χ2n) is 3.64. The van der Waals surface area contributed by atoms with Gasteiger partial charge in [-0.25, -0.2) is 4.98 Å². The van der Waals surface area contributed by atoms with Crippen LogP contribution >= 0.6 is 0 Å². The monoisotopic (exact) mass is 251 g/mol. The molecule has 1 rings (SSSR count). The van der Waals surface area contributed by atoms with E-state index in [1.165, 1.54) is 0 Å². The van der Waals surface area contributed by atoms with Crippen LogP contribution in [-0.4, -0.2) is 41.5 Å². The maximum Gasteiger partial charge on any atom is 0.152 e. The lowest BCUT2D eigenvalue weighted by Gasteiger charge is -2.15. The first-order valence-electron chi connectivity index (χ1n) is 5.55. The van der Waals surface area contributed by atoms with E-state index in [0.29, 0.717) is 41.5 Å². The molecule has 0 saturated heterocycles. The average molecular weight is 251 g/mol. The normalized spacial score (nSPS) is 9.89. The van der Waals surface area contributed by atoms with Crippen molar-refractivity contribution in [1.82, 2.24) is 4.98 Å². The van der Waals surface area contributed by atoms with Gasteiger partial charge in [0.05, 0.1) is 24.5 Å². The van der Waals surface area contributed by atoms with Gasteiger partial charge in [0.2, 0.25) is 0 Å². The summed E-state index contributed by atoms with van der Waals surface area (Å²) < 4.78 is 0. The quantitative estimate of drug-likeness (QED) is 0.467. The average Bonchev–Trinajstić information content (AvgIpc) is 2.38. The number of nitrogens with one attached hydrogen (secondary N) is 2. The zero-order valence-corrected chi connectivity index (χ0v) is 10.2. The van der Waals surface area contributed by atoms with E-state index in [4.69, 9.17) is 21.2 Å². The number of aliphatic hydroxyl groups is 2. The van der Waals surface area contributed by atoms with Gasteiger partial charge in [-0.1, -0.05) is 0 Å². The number of aromatic nitrogens is 1. The molecule has 0 aliphatic heterocycles. The highest BCUT2D eigenvalue weighted by atomic mass is 16.3. The lowest BCUT2D eigenvalue weighted by Crippen LogP contribution is -2.15. The van der Waals surface area contributed by atoms with Crippen LogP contribution in [0.2, 0.25) is 0 Å². The van der Waals surface area contributed by atoms with E-state index in [2.05, 4.69) is 15.6 Å². The maximum absolute atomic E-state index is 9.08. The van der Waals surface area contributed by atoms with Gasteiger partial charge in [0.15, 0.2) is 5.82 Å². The predicted octanol–water partition coefficient (Wildman–Crippen LogP) is -0.348. The number of nitrogens with zero attached hydrogens (tertiary/aromatic N) is 2. The van der Waals surface area contributed by atoms with Gasteiger partial charge < -0.3 is 26.6 Å². The lowest BCUT2D eigenvalue weighted by molar-refractivity contribution is 0.311. The summed E-state index contributed by atoms with van der Waals surface area (Å²) in [6, 6.07) is 2.03. The Labute approximate surface area is 105 Å². The number of nitrogens with two attached hydrogens (primary N) is 1. The molecule has 6 N–H and O–H groups in total. The van der Waals surface area contributed by atoms with Crippen molar-refractivity contribution in [3.8, 4) is 6.07 Å². The number of hydrogen-bond donors (Lipinski definition) is 5. The second-order valence-corrected chi connectivity index (χ2v) is 3.64. The van der Waals surface area contributed by atoms with Crippen LogP contribution in [0.5, 0.6) is 0 Å². The first kappa shape index (κ1) is 14.0. The molecule has 1 heterocycles. The van der Waals surface area contributed by atoms with Crippen LogP contribution in [0.15, 0.2) is 0 Å². The lowest BCUT2D eigenvalue weighted by atomic mass is 10.1. The Morgan fingerprint density at radius 3 is 2.28 bits per heavy atom. The Morgan fingerprint density at radius 1 is 1.22 bits per heavy atom. The summed E-state index contributed by atoms with van der Waals surface area (Å²) in [5.41, 5.74) is 7.22. The SMILES string of the molecule is Cc1c(N)c(NCCO)nc(NCCO)c1C#N. The molecule has 1 aromatic heterocycles. The minimum Gasteiger partial charge on any atom is -0.395 e. The molecule has 0 aliphatic rings. The summed E-state index contributed by atoms with van der Waals surface area (Å²) in [6.07, 6.45) is 0. The van der Waals surface area contributed by atoms with E-state index in [1.807, 2.05) is 6.07 Å². The van der Waals surface area contributed by atoms with Gasteiger partial charge in [-0.3, -0.25) is 0 Å². The van der Waals surface area contributed by atoms with Crippen molar-refractivity contribution in [1.29, 1.82) is 5.26 Å². The topological polar surface area (TPSA) is 127 Å². The number of pyridine rings is 1. The van der Waals surface area contributed by atoms with Crippen LogP contribution in [0, 0.1) is 18.3 Å². The smallest absolute Gasteiger partial charge is 0.152 e. The molecule has 0 radical (unpaired) electrons. The largest absolute Gasteiger partial charge is 0.395 e. The highest BCUT2D eigenvalue weighted by Crippen LogP contribution is 2.28. The fourth-order valence-electron chi connectivity index (χ4n) is 1.47. The van der Waals surface area contributed by atoms with Crippen molar-refractivity contribution in [2.75, 3.05) is 42.7 Å². The third-order valence-electron chi connectivity index (χ3n) is 2.41. The zero-order chi connectivity index (χ0) is 13.5. The van der Waals surface area contributed by atoms with E-state index in [9.17, 15) is 0 Å². The fraction of sp³-hybridized carbons (Fsp3) is 0.455. The summed E-state index contributed by atoms with van der Waals surface area (Å²) >= 11 is 0. The van der Waals surface area contributed by atoms with Crippen molar-refractivity contribution >= 4 is 17.3 Å². The molecular formula is C11H17N5O2. The van der Waals surface area contributed by atoms with Gasteiger partial charge in [0.25, 0.3) is 0 Å². The Morgan fingerprint density at radius 2 is 1.78 bits per heavy atom. The third kappa shape index (κ3) is 3.00. The second kappa shape index (κ2) is 6.64. The van der Waals surface area contributed by atoms with Gasteiger partial charge in [-0.05, 0) is 12.5 Å². The molecule has 0 aliphatic carbocycles. The Hall–Kier alpha value is -2.04. The van der Waals surface area contributed by atoms with Gasteiger partial charge >= 0.3 is 0 Å². The molecule has 0 spiro atoms. The van der Waals surface area contributed by atoms with Gasteiger partial charge in [0, 0.05) is 13.1 Å². The fourth-order valence-corrected chi connectivity index (χ4v) is 1.47. The van der Waals surface area contributed by atoms with E-state index in [-0.39, 0.29) is 13.2 Å². The Bertz CT molecular complexity index is 456. The van der Waals surface area contributed by atoms with Crippen LogP contribution in [0.1, 0.15) is 11.1 Å². The number of aliphatic hydroxyl groups excluding tert-OH is 2. The Kier molecular flexibility index (Phi) is 5.17. The number of anilines is 3. The predicted molar refractivity (Wildman–Crippen MR) is 69.3 cm³/mol. The van der Waals surface area contributed by atoms with Gasteiger partial charge in [-0.15, -0.1) is 0 Å². The van der Waals surface area contributed by atoms with E-state index < -0.39 is 0 Å². The van der Waals surface area contributed by atoms with Gasteiger partial charge in [0.1, 0.15) is 11.9 Å². The molecule has 1 aromatic rings. The van der Waals surface area contributed by atoms with Crippen molar-refractivity contribution in [3.63, 3.8) is 0 Å². The van der Waals surface area contributed by atoms with Crippen LogP contribution in [-0.2, 0) is 0 Å². The first-order chi connectivity index (χ1) is 8.65. The van der Waals surface area contributed by atoms with Crippen molar-refractivity contribution in [2.45, 2.75) is 6.92 Å². The molecule has 0 amide bonds. The van der Waals surface area contributed by atoms with Gasteiger partial charge in [-0.2, -0.15) is 5.26 Å². The molecular weight excluding hydrogens is 234 g/mol. The van der Waals surface area contributed by atoms with Crippen LogP contribution < -0.4 is 16.4 Å². The maximum atomic E-state index is 9.08. The molecule has 7 heteroatoms. The van der Waals surface area contributed by atoms with Crippen molar-refractivity contribution in [2.24, 2.45) is 0 Å². The Balaban J connectivity index is 3.14. The highest BCUT2D eigenvalue weighted by Gasteiger charge is 2.14. The van der Waals surface area contributed by atoms with Crippen LogP contribution in [0.25, 0.3) is 0 Å². The minimum atomic E-state index is -0.0601. The van der Waals surface area contributed by atoms with Crippen LogP contribution in [0.3, 0.4) is 0 Å². The van der Waals surface area contributed by atoms with E-state index in [1.54, 1.807) is 6.92 Å². The third-order valence-corrected chi connectivity index (χ3v) is 2.41. The summed E-state index contributed by atoms with van der Waals surface area (Å²) in [5, 5.41) is 32.4. The highest BCUT2D eigenvalue weighted by molar-refractivity contribution is 5.74. The molecule has 0 bridgehead atoms. The van der Waals surface area contributed by atoms with Crippen molar-refractivity contribution < 1.29 is 10.2 Å². The van der Waals surface area contributed by atoms with Crippen molar-refractivity contribution in [3.05, 3.63) is 11.1 Å². The molecule has 0 fully saturated rings. The zero-order valence-electron chi connectivity index (χ0n) is 10.2. The molecule has 18 heavy (non-hydrogen) atoms. The number of nitriles is 1. The first-order valence-corrected chi connectivity index (χ1v) is 5.55. The molecule has 0 unspecified atom stereocenters. The molecule has 98 valence electrons. The summed E-state index contributed by atoms with van der Waals surface area (Å²) in [6.45, 7) is 2.24.